The maximum atomic E-state index is 13.8. The number of imide groups is 1. The zero-order valence-corrected chi connectivity index (χ0v) is 19.3. The van der Waals surface area contributed by atoms with E-state index < -0.39 is 33.3 Å². The van der Waals surface area contributed by atoms with E-state index in [1.54, 1.807) is 6.08 Å². The van der Waals surface area contributed by atoms with E-state index in [0.29, 0.717) is 11.3 Å². The summed E-state index contributed by atoms with van der Waals surface area (Å²) in [6.07, 6.45) is 3.10. The molecule has 1 aliphatic heterocycles. The minimum atomic E-state index is -2.04. The summed E-state index contributed by atoms with van der Waals surface area (Å²) in [6, 6.07) is 7.73. The summed E-state index contributed by atoms with van der Waals surface area (Å²) in [7, 11) is 2.81. The molecule has 0 spiro atoms. The van der Waals surface area contributed by atoms with Gasteiger partial charge in [-0.2, -0.15) is 0 Å². The molecule has 1 N–H and O–H groups in total. The van der Waals surface area contributed by atoms with Crippen LogP contribution in [0.2, 0.25) is 0 Å². The van der Waals surface area contributed by atoms with Crippen molar-refractivity contribution in [1.82, 2.24) is 0 Å². The Balaban J connectivity index is 1.97. The van der Waals surface area contributed by atoms with Crippen LogP contribution in [0.15, 0.2) is 60.7 Å². The summed E-state index contributed by atoms with van der Waals surface area (Å²) in [4.78, 5) is 24.3. The summed E-state index contributed by atoms with van der Waals surface area (Å²) in [5, 5.41) is 10.9. The molecule has 6 nitrogen and oxygen atoms in total. The molecule has 2 aromatic carbocycles. The van der Waals surface area contributed by atoms with E-state index in [2.05, 4.69) is 6.58 Å². The number of amides is 2. The standard InChI is InChI=1S/C24H20Cl2FNO5/c1-4-13-9-10-23(25)21(30)28(15-7-5-14(27)6-8-15)22(31)24(23,26)20(13)19-17(29)11-16(32-2)12-18(19)33-3/h4-9,11-12,20,29H,1,10H2,2-3H3/t20-,23-,24+/m1/s1. The van der Waals surface area contributed by atoms with E-state index in [9.17, 15) is 19.1 Å². The monoisotopic (exact) mass is 491 g/mol. The van der Waals surface area contributed by atoms with Gasteiger partial charge in [0.2, 0.25) is 0 Å². The van der Waals surface area contributed by atoms with Crippen LogP contribution in [0.4, 0.5) is 10.1 Å². The number of hydrogen-bond acceptors (Lipinski definition) is 5. The first kappa shape index (κ1) is 23.1. The number of carbonyl (C=O) groups excluding carboxylic acids is 2. The van der Waals surface area contributed by atoms with Crippen LogP contribution >= 0.6 is 23.2 Å². The number of carbonyl (C=O) groups is 2. The minimum absolute atomic E-state index is 0.0581. The van der Waals surface area contributed by atoms with Crippen molar-refractivity contribution >= 4 is 40.7 Å². The molecule has 1 saturated heterocycles. The highest BCUT2D eigenvalue weighted by Crippen LogP contribution is 2.62. The summed E-state index contributed by atoms with van der Waals surface area (Å²) < 4.78 is 24.1. The first-order valence-electron chi connectivity index (χ1n) is 9.93. The number of ether oxygens (including phenoxy) is 2. The van der Waals surface area contributed by atoms with Crippen LogP contribution in [-0.4, -0.2) is 40.9 Å². The Bertz CT molecular complexity index is 1200. The SMILES string of the molecule is C=CC1=CC[C@@]2(Cl)C(=O)N(c3ccc(F)cc3)C(=O)[C@@]2(Cl)[C@H]1c1c(O)cc(OC)cc1OC. The van der Waals surface area contributed by atoms with Crippen LogP contribution in [0, 0.1) is 5.82 Å². The number of benzene rings is 2. The molecular formula is C24H20Cl2FNO5. The van der Waals surface area contributed by atoms with E-state index in [4.69, 9.17) is 32.7 Å². The van der Waals surface area contributed by atoms with Gasteiger partial charge in [-0.3, -0.25) is 9.59 Å². The van der Waals surface area contributed by atoms with E-state index in [1.165, 1.54) is 44.6 Å². The van der Waals surface area contributed by atoms with Crippen molar-refractivity contribution < 1.29 is 28.6 Å². The van der Waals surface area contributed by atoms with Crippen molar-refractivity contribution in [1.29, 1.82) is 0 Å². The molecule has 9 heteroatoms. The van der Waals surface area contributed by atoms with Crippen LogP contribution in [0.5, 0.6) is 17.2 Å². The average molecular weight is 492 g/mol. The van der Waals surface area contributed by atoms with Crippen LogP contribution < -0.4 is 14.4 Å². The Morgan fingerprint density at radius 3 is 2.39 bits per heavy atom. The van der Waals surface area contributed by atoms with Gasteiger partial charge in [0.15, 0.2) is 9.75 Å². The van der Waals surface area contributed by atoms with Crippen LogP contribution in [-0.2, 0) is 9.59 Å². The van der Waals surface area contributed by atoms with Crippen molar-refractivity contribution in [3.8, 4) is 17.2 Å². The Hall–Kier alpha value is -3.03. The third-order valence-electron chi connectivity index (χ3n) is 6.14. The van der Waals surface area contributed by atoms with Gasteiger partial charge in [0.25, 0.3) is 11.8 Å². The smallest absolute Gasteiger partial charge is 0.258 e. The van der Waals surface area contributed by atoms with Gasteiger partial charge in [-0.15, -0.1) is 23.2 Å². The molecule has 3 atom stereocenters. The largest absolute Gasteiger partial charge is 0.507 e. The normalized spacial score (nSPS) is 26.6. The number of anilines is 1. The topological polar surface area (TPSA) is 76.1 Å². The number of rotatable bonds is 5. The van der Waals surface area contributed by atoms with E-state index in [1.807, 2.05) is 0 Å². The summed E-state index contributed by atoms with van der Waals surface area (Å²) in [5.74, 6) is -2.92. The lowest BCUT2D eigenvalue weighted by Gasteiger charge is -2.42. The maximum absolute atomic E-state index is 13.8. The summed E-state index contributed by atoms with van der Waals surface area (Å²) >= 11 is 13.9. The summed E-state index contributed by atoms with van der Waals surface area (Å²) in [5.41, 5.74) is 0.777. The van der Waals surface area contributed by atoms with Crippen LogP contribution in [0.1, 0.15) is 17.9 Å². The Kier molecular flexibility index (Phi) is 5.66. The van der Waals surface area contributed by atoms with Crippen molar-refractivity contribution in [2.45, 2.75) is 22.1 Å². The molecule has 0 bridgehead atoms. The molecule has 1 aliphatic carbocycles. The van der Waals surface area contributed by atoms with Gasteiger partial charge in [-0.1, -0.05) is 18.7 Å². The fourth-order valence-corrected chi connectivity index (χ4v) is 5.34. The lowest BCUT2D eigenvalue weighted by atomic mass is 9.68. The Morgan fingerprint density at radius 1 is 1.15 bits per heavy atom. The molecule has 0 radical (unpaired) electrons. The third kappa shape index (κ3) is 3.14. The molecule has 0 unspecified atom stereocenters. The molecule has 172 valence electrons. The van der Waals surface area contributed by atoms with Crippen LogP contribution in [0.25, 0.3) is 0 Å². The number of nitrogens with zero attached hydrogens (tertiary/aromatic N) is 1. The number of allylic oxidation sites excluding steroid dienone is 3. The summed E-state index contributed by atoms with van der Waals surface area (Å²) in [6.45, 7) is 3.81. The minimum Gasteiger partial charge on any atom is -0.507 e. The number of alkyl halides is 2. The molecule has 1 heterocycles. The first-order chi connectivity index (χ1) is 15.6. The first-order valence-corrected chi connectivity index (χ1v) is 10.7. The fraction of sp³-hybridized carbons (Fsp3) is 0.250. The van der Waals surface area contributed by atoms with Crippen LogP contribution in [0.3, 0.4) is 0 Å². The fourth-order valence-electron chi connectivity index (χ4n) is 4.51. The number of methoxy groups -OCH3 is 2. The third-order valence-corrected chi connectivity index (χ3v) is 7.56. The van der Waals surface area contributed by atoms with Crippen molar-refractivity contribution in [2.24, 2.45) is 0 Å². The number of hydrogen-bond donors (Lipinski definition) is 1. The van der Waals surface area contributed by atoms with E-state index >= 15 is 0 Å². The van der Waals surface area contributed by atoms with Gasteiger partial charge in [-0.05, 0) is 36.3 Å². The highest BCUT2D eigenvalue weighted by molar-refractivity contribution is 6.58. The number of phenols is 1. The van der Waals surface area contributed by atoms with Crippen molar-refractivity contribution in [3.63, 3.8) is 0 Å². The number of phenolic OH excluding ortho intramolecular Hbond substituents is 1. The van der Waals surface area contributed by atoms with Gasteiger partial charge in [0.1, 0.15) is 23.1 Å². The van der Waals surface area contributed by atoms with Crippen molar-refractivity contribution in [3.05, 3.63) is 72.1 Å². The molecular weight excluding hydrogens is 472 g/mol. The van der Waals surface area contributed by atoms with Gasteiger partial charge in [0.05, 0.1) is 19.9 Å². The van der Waals surface area contributed by atoms with Gasteiger partial charge in [0, 0.05) is 23.6 Å². The second-order valence-electron chi connectivity index (χ2n) is 7.74. The Labute approximate surface area is 199 Å². The van der Waals surface area contributed by atoms with E-state index in [-0.39, 0.29) is 29.2 Å². The average Bonchev–Trinajstić information content (AvgIpc) is 2.96. The van der Waals surface area contributed by atoms with Crippen molar-refractivity contribution in [2.75, 3.05) is 19.1 Å². The maximum Gasteiger partial charge on any atom is 0.258 e. The number of fused-ring (bicyclic) bond motifs is 1. The molecule has 2 amide bonds. The zero-order valence-electron chi connectivity index (χ0n) is 17.8. The zero-order chi connectivity index (χ0) is 24.1. The predicted molar refractivity (Wildman–Crippen MR) is 123 cm³/mol. The lowest BCUT2D eigenvalue weighted by Crippen LogP contribution is -2.55. The second-order valence-corrected chi connectivity index (χ2v) is 8.98. The molecule has 2 aromatic rings. The molecule has 0 saturated carbocycles. The molecule has 2 aliphatic rings. The van der Waals surface area contributed by atoms with Gasteiger partial charge in [-0.25, -0.2) is 9.29 Å². The lowest BCUT2D eigenvalue weighted by molar-refractivity contribution is -0.122. The predicted octanol–water partition coefficient (Wildman–Crippen LogP) is 4.68. The van der Waals surface area contributed by atoms with Gasteiger partial charge < -0.3 is 14.6 Å². The quantitative estimate of drug-likeness (QED) is 0.485. The highest BCUT2D eigenvalue weighted by Gasteiger charge is 2.73. The molecule has 1 fully saturated rings. The van der Waals surface area contributed by atoms with Gasteiger partial charge >= 0.3 is 0 Å². The number of halogens is 3. The Morgan fingerprint density at radius 2 is 1.82 bits per heavy atom. The number of aromatic hydroxyl groups is 1. The second kappa shape index (κ2) is 8.08. The molecule has 4 rings (SSSR count). The highest BCUT2D eigenvalue weighted by atomic mass is 35.5. The molecule has 0 aromatic heterocycles. The molecule has 33 heavy (non-hydrogen) atoms. The van der Waals surface area contributed by atoms with E-state index in [0.717, 1.165) is 17.0 Å².